The van der Waals surface area contributed by atoms with Gasteiger partial charge >= 0.3 is 0 Å². The molecule has 0 saturated carbocycles. The van der Waals surface area contributed by atoms with Crippen LogP contribution in [0.25, 0.3) is 0 Å². The summed E-state index contributed by atoms with van der Waals surface area (Å²) in [6.07, 6.45) is 3.97. The van der Waals surface area contributed by atoms with Crippen molar-refractivity contribution in [3.63, 3.8) is 0 Å². The summed E-state index contributed by atoms with van der Waals surface area (Å²) in [4.78, 5) is 14.5. The van der Waals surface area contributed by atoms with Gasteiger partial charge in [-0.1, -0.05) is 31.5 Å². The van der Waals surface area contributed by atoms with Crippen LogP contribution in [-0.4, -0.2) is 25.5 Å². The predicted molar refractivity (Wildman–Crippen MR) is 79.3 cm³/mol. The number of nitrogens with one attached hydrogen (secondary N) is 1. The Kier molecular flexibility index (Phi) is 5.40. The molecule has 1 aliphatic rings. The molecule has 1 fully saturated rings. The highest BCUT2D eigenvalue weighted by Crippen LogP contribution is 2.19. The Bertz CT molecular complexity index is 385. The zero-order valence-electron chi connectivity index (χ0n) is 11.8. The van der Waals surface area contributed by atoms with Crippen LogP contribution in [0.3, 0.4) is 0 Å². The van der Waals surface area contributed by atoms with E-state index in [1.165, 1.54) is 0 Å². The van der Waals surface area contributed by atoms with E-state index in [1.54, 1.807) is 0 Å². The van der Waals surface area contributed by atoms with E-state index in [0.717, 1.165) is 44.6 Å². The number of benzene rings is 1. The fraction of sp³-hybridized carbons (Fsp3) is 0.562. The first-order valence-electron chi connectivity index (χ1n) is 7.37. The van der Waals surface area contributed by atoms with E-state index in [-0.39, 0.29) is 5.91 Å². The quantitative estimate of drug-likeness (QED) is 0.853. The molecule has 0 spiro atoms. The summed E-state index contributed by atoms with van der Waals surface area (Å²) in [5.74, 6) is 0.786. The maximum Gasteiger partial charge on any atom is 0.227 e. The summed E-state index contributed by atoms with van der Waals surface area (Å²) in [5.41, 5.74) is 1.03. The van der Waals surface area contributed by atoms with Crippen molar-refractivity contribution in [2.45, 2.75) is 32.6 Å². The van der Waals surface area contributed by atoms with E-state index >= 15 is 0 Å². The Labute approximate surface area is 116 Å². The lowest BCUT2D eigenvalue weighted by Gasteiger charge is -2.24. The third-order valence-electron chi connectivity index (χ3n) is 3.73. The summed E-state index contributed by atoms with van der Waals surface area (Å²) in [6, 6.07) is 10.0. The standard InChI is InChI=1S/C16H24N2O/c1-2-3-11-18(15-7-5-4-6-8-15)16(19)12-14-9-10-17-13-14/h4-8,14,17H,2-3,9-13H2,1H3. The Balaban J connectivity index is 2.01. The average Bonchev–Trinajstić information content (AvgIpc) is 2.93. The number of amides is 1. The van der Waals surface area contributed by atoms with Gasteiger partial charge < -0.3 is 10.2 Å². The SMILES string of the molecule is CCCCN(C(=O)CC1CCNC1)c1ccccc1. The van der Waals surface area contributed by atoms with E-state index in [9.17, 15) is 4.79 Å². The molecular weight excluding hydrogens is 236 g/mol. The lowest BCUT2D eigenvalue weighted by molar-refractivity contribution is -0.119. The molecule has 3 heteroatoms. The van der Waals surface area contributed by atoms with Crippen LogP contribution in [-0.2, 0) is 4.79 Å². The highest BCUT2D eigenvalue weighted by molar-refractivity contribution is 5.93. The molecule has 1 atom stereocenters. The molecule has 1 aromatic rings. The molecule has 3 nitrogen and oxygen atoms in total. The van der Waals surface area contributed by atoms with Gasteiger partial charge in [-0.2, -0.15) is 0 Å². The molecule has 0 bridgehead atoms. The van der Waals surface area contributed by atoms with Crippen LogP contribution in [0.15, 0.2) is 30.3 Å². The monoisotopic (exact) mass is 260 g/mol. The molecule has 1 N–H and O–H groups in total. The van der Waals surface area contributed by atoms with Crippen molar-refractivity contribution in [3.05, 3.63) is 30.3 Å². The van der Waals surface area contributed by atoms with Gasteiger partial charge in [-0.15, -0.1) is 0 Å². The van der Waals surface area contributed by atoms with Crippen LogP contribution in [0.1, 0.15) is 32.6 Å². The average molecular weight is 260 g/mol. The number of nitrogens with zero attached hydrogens (tertiary/aromatic N) is 1. The molecule has 0 radical (unpaired) electrons. The summed E-state index contributed by atoms with van der Waals surface area (Å²) < 4.78 is 0. The first-order valence-corrected chi connectivity index (χ1v) is 7.37. The minimum atomic E-state index is 0.272. The topological polar surface area (TPSA) is 32.3 Å². The lowest BCUT2D eigenvalue weighted by Crippen LogP contribution is -2.33. The van der Waals surface area contributed by atoms with Crippen molar-refractivity contribution in [1.29, 1.82) is 0 Å². The van der Waals surface area contributed by atoms with E-state index in [0.29, 0.717) is 12.3 Å². The largest absolute Gasteiger partial charge is 0.316 e. The summed E-state index contributed by atoms with van der Waals surface area (Å²) in [7, 11) is 0. The van der Waals surface area contributed by atoms with Crippen LogP contribution in [0.5, 0.6) is 0 Å². The molecule has 1 amide bonds. The molecule has 1 unspecified atom stereocenters. The van der Waals surface area contributed by atoms with Gasteiger partial charge in [0.15, 0.2) is 0 Å². The van der Waals surface area contributed by atoms with E-state index in [4.69, 9.17) is 0 Å². The van der Waals surface area contributed by atoms with Gasteiger partial charge in [0.25, 0.3) is 0 Å². The fourth-order valence-electron chi connectivity index (χ4n) is 2.57. The number of carbonyl (C=O) groups is 1. The first-order chi connectivity index (χ1) is 9.31. The van der Waals surface area contributed by atoms with Crippen LogP contribution in [0.4, 0.5) is 5.69 Å². The maximum absolute atomic E-state index is 12.5. The first kappa shape index (κ1) is 14.1. The third kappa shape index (κ3) is 4.06. The number of rotatable bonds is 6. The third-order valence-corrected chi connectivity index (χ3v) is 3.73. The molecule has 0 aliphatic carbocycles. The number of carbonyl (C=O) groups excluding carboxylic acids is 1. The van der Waals surface area contributed by atoms with Gasteiger partial charge in [-0.25, -0.2) is 0 Å². The Hall–Kier alpha value is -1.35. The molecule has 1 saturated heterocycles. The van der Waals surface area contributed by atoms with Crippen molar-refractivity contribution in [3.8, 4) is 0 Å². The predicted octanol–water partition coefficient (Wildman–Crippen LogP) is 2.82. The number of anilines is 1. The van der Waals surface area contributed by atoms with Crippen molar-refractivity contribution < 1.29 is 4.79 Å². The highest BCUT2D eigenvalue weighted by atomic mass is 16.2. The minimum Gasteiger partial charge on any atom is -0.316 e. The molecule has 1 aliphatic heterocycles. The Morgan fingerprint density at radius 1 is 1.37 bits per heavy atom. The van der Waals surface area contributed by atoms with Crippen molar-refractivity contribution in [2.24, 2.45) is 5.92 Å². The van der Waals surface area contributed by atoms with Gasteiger partial charge in [0.2, 0.25) is 5.91 Å². The second kappa shape index (κ2) is 7.29. The summed E-state index contributed by atoms with van der Waals surface area (Å²) >= 11 is 0. The zero-order chi connectivity index (χ0) is 13.5. The van der Waals surface area contributed by atoms with E-state index in [1.807, 2.05) is 35.2 Å². The minimum absolute atomic E-state index is 0.272. The van der Waals surface area contributed by atoms with Crippen LogP contribution < -0.4 is 10.2 Å². The van der Waals surface area contributed by atoms with E-state index in [2.05, 4.69) is 12.2 Å². The fourth-order valence-corrected chi connectivity index (χ4v) is 2.57. The summed E-state index contributed by atoms with van der Waals surface area (Å²) in [5, 5.41) is 3.33. The van der Waals surface area contributed by atoms with Gasteiger partial charge in [-0.3, -0.25) is 4.79 Å². The van der Waals surface area contributed by atoms with Gasteiger partial charge in [0.1, 0.15) is 0 Å². The molecule has 19 heavy (non-hydrogen) atoms. The van der Waals surface area contributed by atoms with Crippen molar-refractivity contribution in [2.75, 3.05) is 24.5 Å². The van der Waals surface area contributed by atoms with Crippen LogP contribution >= 0.6 is 0 Å². The highest BCUT2D eigenvalue weighted by Gasteiger charge is 2.22. The normalized spacial score (nSPS) is 18.5. The lowest BCUT2D eigenvalue weighted by atomic mass is 10.0. The maximum atomic E-state index is 12.5. The van der Waals surface area contributed by atoms with Crippen LogP contribution in [0, 0.1) is 5.92 Å². The smallest absolute Gasteiger partial charge is 0.227 e. The summed E-state index contributed by atoms with van der Waals surface area (Å²) in [6.45, 7) is 5.04. The molecule has 2 rings (SSSR count). The Morgan fingerprint density at radius 3 is 2.79 bits per heavy atom. The molecule has 0 aromatic heterocycles. The molecule has 1 heterocycles. The van der Waals surface area contributed by atoms with Crippen LogP contribution in [0.2, 0.25) is 0 Å². The number of para-hydroxylation sites is 1. The number of hydrogen-bond donors (Lipinski definition) is 1. The second-order valence-corrected chi connectivity index (χ2v) is 5.30. The molecule has 1 aromatic carbocycles. The van der Waals surface area contributed by atoms with Gasteiger partial charge in [-0.05, 0) is 44.0 Å². The second-order valence-electron chi connectivity index (χ2n) is 5.30. The van der Waals surface area contributed by atoms with Crippen molar-refractivity contribution in [1.82, 2.24) is 5.32 Å². The number of hydrogen-bond acceptors (Lipinski definition) is 2. The Morgan fingerprint density at radius 2 is 2.16 bits per heavy atom. The van der Waals surface area contributed by atoms with Crippen molar-refractivity contribution >= 4 is 11.6 Å². The number of unbranched alkanes of at least 4 members (excludes halogenated alkanes) is 1. The molecular formula is C16H24N2O. The van der Waals surface area contributed by atoms with Gasteiger partial charge in [0, 0.05) is 18.7 Å². The zero-order valence-corrected chi connectivity index (χ0v) is 11.8. The van der Waals surface area contributed by atoms with Gasteiger partial charge in [0.05, 0.1) is 0 Å². The van der Waals surface area contributed by atoms with E-state index < -0.39 is 0 Å². The molecule has 104 valence electrons.